The van der Waals surface area contributed by atoms with Crippen LogP contribution in [0.3, 0.4) is 0 Å². The van der Waals surface area contributed by atoms with Crippen LogP contribution in [0.5, 0.6) is 0 Å². The molecular formula is C60H111NO10. The summed E-state index contributed by atoms with van der Waals surface area (Å²) in [5, 5.41) is 58.6. The fraction of sp³-hybridized carbons (Fsp3) is 0.867. The van der Waals surface area contributed by atoms with Crippen LogP contribution in [0.2, 0.25) is 0 Å². The largest absolute Gasteiger partial charge is 0.463 e. The lowest BCUT2D eigenvalue weighted by atomic mass is 9.88. The van der Waals surface area contributed by atoms with E-state index in [1.165, 1.54) is 154 Å². The Bertz CT molecular complexity index is 1320. The molecule has 0 aromatic rings. The number of aliphatic hydroxyl groups is 5. The molecule has 11 heteroatoms. The third kappa shape index (κ3) is 34.2. The Balaban J connectivity index is 2.64. The van der Waals surface area contributed by atoms with Crippen LogP contribution in [0, 0.1) is 0 Å². The summed E-state index contributed by atoms with van der Waals surface area (Å²) in [5.74, 6) is -4.98. The van der Waals surface area contributed by atoms with E-state index in [4.69, 9.17) is 14.2 Å². The molecule has 1 amide bonds. The van der Waals surface area contributed by atoms with Crippen molar-refractivity contribution in [3.8, 4) is 0 Å². The minimum atomic E-state index is -3.40. The summed E-state index contributed by atoms with van der Waals surface area (Å²) < 4.78 is 17.2. The second-order valence-electron chi connectivity index (χ2n) is 20.8. The van der Waals surface area contributed by atoms with Crippen LogP contribution in [0.1, 0.15) is 284 Å². The highest BCUT2D eigenvalue weighted by Gasteiger charge is 2.67. The van der Waals surface area contributed by atoms with E-state index in [-0.39, 0.29) is 19.4 Å². The third-order valence-electron chi connectivity index (χ3n) is 14.1. The van der Waals surface area contributed by atoms with Gasteiger partial charge in [0.15, 0.2) is 0 Å². The van der Waals surface area contributed by atoms with Crippen LogP contribution < -0.4 is 5.32 Å². The van der Waals surface area contributed by atoms with Gasteiger partial charge in [0.2, 0.25) is 17.8 Å². The summed E-state index contributed by atoms with van der Waals surface area (Å²) in [6, 6.07) is 0. The standard InChI is InChI=1S/C60H111NO10/c1-4-7-10-13-16-19-22-25-27-29-32-34-37-40-43-46-49-53(62)57(65)61-59(66)58(69-51-48-45-42-39-36-33-30-28-26-23-20-17-14-11-8-5-2)71-54(56(64)60(59,67)68)52-70-55(63)50-47-44-41-38-35-31-24-21-18-15-12-9-6-3/h28,30-31,35,39,42,53-54,56,58,62,64,66-68H,4-27,29,32-34,36-38,40-41,43-52H2,1-3H3,(H,61,65)/b30-28-,35-31-,42-39-/t53-,54-,56-,58-,59+/m1/s1. The summed E-state index contributed by atoms with van der Waals surface area (Å²) in [5.41, 5.74) is -3.07. The van der Waals surface area contributed by atoms with Crippen molar-refractivity contribution in [1.82, 2.24) is 5.32 Å². The molecule has 416 valence electrons. The monoisotopic (exact) mass is 1010 g/mol. The number of amides is 1. The zero-order valence-corrected chi connectivity index (χ0v) is 46.0. The fourth-order valence-corrected chi connectivity index (χ4v) is 9.23. The van der Waals surface area contributed by atoms with Crippen molar-refractivity contribution < 1.29 is 49.3 Å². The van der Waals surface area contributed by atoms with Gasteiger partial charge in [0.1, 0.15) is 24.9 Å². The highest BCUT2D eigenvalue weighted by atomic mass is 16.7. The van der Waals surface area contributed by atoms with Crippen LogP contribution in [0.25, 0.3) is 0 Å². The number of rotatable bonds is 50. The Morgan fingerprint density at radius 2 is 0.887 bits per heavy atom. The van der Waals surface area contributed by atoms with Crippen molar-refractivity contribution in [3.05, 3.63) is 36.5 Å². The quantitative estimate of drug-likeness (QED) is 0.0149. The van der Waals surface area contributed by atoms with E-state index in [2.05, 4.69) is 56.5 Å². The lowest BCUT2D eigenvalue weighted by Gasteiger charge is -2.51. The summed E-state index contributed by atoms with van der Waals surface area (Å²) in [6.07, 6.45) is 50.8. The zero-order valence-electron chi connectivity index (χ0n) is 46.0. The molecule has 0 bridgehead atoms. The number of ether oxygens (including phenoxy) is 3. The number of aliphatic hydroxyl groups excluding tert-OH is 2. The van der Waals surface area contributed by atoms with Gasteiger partial charge >= 0.3 is 5.97 Å². The Kier molecular flexibility index (Phi) is 43.7. The lowest BCUT2D eigenvalue weighted by Crippen LogP contribution is -2.81. The van der Waals surface area contributed by atoms with Gasteiger partial charge in [-0.15, -0.1) is 0 Å². The van der Waals surface area contributed by atoms with E-state index in [1.807, 2.05) is 6.08 Å². The molecule has 6 N–H and O–H groups in total. The number of hydrogen-bond acceptors (Lipinski definition) is 10. The number of hydrogen-bond donors (Lipinski definition) is 6. The molecule has 0 aromatic heterocycles. The number of unbranched alkanes of at least 4 members (excludes halogenated alkanes) is 33. The molecule has 0 spiro atoms. The van der Waals surface area contributed by atoms with Gasteiger partial charge in [-0.1, -0.05) is 237 Å². The number of nitrogens with one attached hydrogen (secondary N) is 1. The normalized spacial score (nSPS) is 19.6. The van der Waals surface area contributed by atoms with E-state index in [1.54, 1.807) is 0 Å². The zero-order chi connectivity index (χ0) is 51.9. The maximum Gasteiger partial charge on any atom is 0.305 e. The van der Waals surface area contributed by atoms with Gasteiger partial charge in [-0.2, -0.15) is 0 Å². The molecule has 0 radical (unpaired) electrons. The molecule has 71 heavy (non-hydrogen) atoms. The van der Waals surface area contributed by atoms with Crippen molar-refractivity contribution in [3.63, 3.8) is 0 Å². The maximum atomic E-state index is 13.3. The van der Waals surface area contributed by atoms with Gasteiger partial charge in [0, 0.05) is 6.42 Å². The number of allylic oxidation sites excluding steroid dienone is 6. The molecule has 1 fully saturated rings. The summed E-state index contributed by atoms with van der Waals surface area (Å²) in [7, 11) is 0. The van der Waals surface area contributed by atoms with E-state index in [0.29, 0.717) is 25.7 Å². The number of carbonyl (C=O) groups excluding carboxylic acids is 2. The first-order chi connectivity index (χ1) is 34.5. The van der Waals surface area contributed by atoms with Gasteiger partial charge < -0.3 is 45.1 Å². The molecule has 0 saturated carbocycles. The fourth-order valence-electron chi connectivity index (χ4n) is 9.23. The van der Waals surface area contributed by atoms with Crippen LogP contribution in [0.4, 0.5) is 0 Å². The molecule has 0 unspecified atom stereocenters. The average Bonchev–Trinajstić information content (AvgIpc) is 3.35. The van der Waals surface area contributed by atoms with Crippen molar-refractivity contribution in [1.29, 1.82) is 0 Å². The SMILES string of the molecule is CCCCCCCC/C=C\CCCCCC(=O)OC[C@H]1O[C@@H](OCCC/C=C\CC/C=C\CCCCCCCCC)[C@@](O)(NC(=O)[C@H](O)CCCCCCCCCCCCCCCCCC)C(O)(O)[C@@H]1O. The van der Waals surface area contributed by atoms with Gasteiger partial charge in [0.25, 0.3) is 5.91 Å². The molecule has 1 saturated heterocycles. The molecule has 11 nitrogen and oxygen atoms in total. The minimum absolute atomic E-state index is 0.000199. The minimum Gasteiger partial charge on any atom is -0.463 e. The molecule has 1 aliphatic rings. The van der Waals surface area contributed by atoms with Crippen LogP contribution in [-0.4, -0.2) is 86.7 Å². The van der Waals surface area contributed by atoms with Crippen LogP contribution >= 0.6 is 0 Å². The van der Waals surface area contributed by atoms with Crippen molar-refractivity contribution in [2.75, 3.05) is 13.2 Å². The van der Waals surface area contributed by atoms with Crippen molar-refractivity contribution >= 4 is 11.9 Å². The van der Waals surface area contributed by atoms with E-state index >= 15 is 0 Å². The van der Waals surface area contributed by atoms with Crippen LogP contribution in [-0.2, 0) is 23.8 Å². The van der Waals surface area contributed by atoms with E-state index < -0.39 is 54.6 Å². The predicted molar refractivity (Wildman–Crippen MR) is 292 cm³/mol. The summed E-state index contributed by atoms with van der Waals surface area (Å²) in [6.45, 7) is 6.19. The molecule has 5 atom stereocenters. The van der Waals surface area contributed by atoms with Gasteiger partial charge in [0.05, 0.1) is 6.61 Å². The second kappa shape index (κ2) is 46.4. The topological polar surface area (TPSA) is 175 Å². The molecule has 0 aromatic carbocycles. The lowest BCUT2D eigenvalue weighted by molar-refractivity contribution is -0.433. The Morgan fingerprint density at radius 3 is 1.32 bits per heavy atom. The number of carbonyl (C=O) groups is 2. The van der Waals surface area contributed by atoms with Crippen LogP contribution in [0.15, 0.2) is 36.5 Å². The van der Waals surface area contributed by atoms with E-state index in [9.17, 15) is 35.1 Å². The average molecular weight is 1010 g/mol. The Morgan fingerprint density at radius 1 is 0.521 bits per heavy atom. The maximum absolute atomic E-state index is 13.3. The number of esters is 1. The molecule has 0 aliphatic carbocycles. The van der Waals surface area contributed by atoms with Gasteiger partial charge in [-0.25, -0.2) is 0 Å². The third-order valence-corrected chi connectivity index (χ3v) is 14.1. The first-order valence-electron chi connectivity index (χ1n) is 29.8. The first kappa shape index (κ1) is 66.9. The van der Waals surface area contributed by atoms with E-state index in [0.717, 1.165) is 70.6 Å². The Hall–Kier alpha value is -2.12. The molecular weight excluding hydrogens is 895 g/mol. The van der Waals surface area contributed by atoms with Crippen molar-refractivity contribution in [2.45, 2.75) is 320 Å². The smallest absolute Gasteiger partial charge is 0.305 e. The van der Waals surface area contributed by atoms with Gasteiger partial charge in [-0.3, -0.25) is 9.59 Å². The summed E-state index contributed by atoms with van der Waals surface area (Å²) in [4.78, 5) is 26.0. The second-order valence-corrected chi connectivity index (χ2v) is 20.8. The highest BCUT2D eigenvalue weighted by Crippen LogP contribution is 2.36. The molecule has 1 heterocycles. The highest BCUT2D eigenvalue weighted by molar-refractivity contribution is 5.81. The predicted octanol–water partition coefficient (Wildman–Crippen LogP) is 14.2. The van der Waals surface area contributed by atoms with Gasteiger partial charge in [-0.05, 0) is 77.0 Å². The molecule has 1 rings (SSSR count). The first-order valence-corrected chi connectivity index (χ1v) is 29.8. The Labute approximate surface area is 434 Å². The van der Waals surface area contributed by atoms with Crippen molar-refractivity contribution in [2.24, 2.45) is 0 Å². The molecule has 1 aliphatic heterocycles. The summed E-state index contributed by atoms with van der Waals surface area (Å²) >= 11 is 0.